The average Bonchev–Trinajstić information content (AvgIpc) is 3.97. The van der Waals surface area contributed by atoms with E-state index in [2.05, 4.69) is 15.8 Å². The predicted molar refractivity (Wildman–Crippen MR) is 179 cm³/mol. The van der Waals surface area contributed by atoms with Gasteiger partial charge in [-0.25, -0.2) is 17.2 Å². The number of sulfonamides is 1. The van der Waals surface area contributed by atoms with Crippen molar-refractivity contribution in [2.75, 3.05) is 13.1 Å². The number of carbonyl (C=O) groups excluding carboxylic acids is 3. The number of fused-ring (bicyclic) bond motifs is 3. The maximum absolute atomic E-state index is 14.2. The molecule has 11 nitrogen and oxygen atoms in total. The molecule has 0 aromatic heterocycles. The number of hydrogen-bond donors (Lipinski definition) is 3. The van der Waals surface area contributed by atoms with Crippen molar-refractivity contribution >= 4 is 33.5 Å². The second-order valence-corrected chi connectivity index (χ2v) is 16.9. The van der Waals surface area contributed by atoms with Gasteiger partial charge in [0.2, 0.25) is 28.3 Å². The predicted octanol–water partition coefficient (Wildman–Crippen LogP) is 4.11. The number of nitrogens with one attached hydrogen (secondary N) is 3. The van der Waals surface area contributed by atoms with Crippen molar-refractivity contribution in [3.63, 3.8) is 0 Å². The number of nitrogens with zero attached hydrogens (tertiary/aromatic N) is 2. The Balaban J connectivity index is 1.28. The SMILES string of the molecule is CC(C)(C)[C@H](NCCC(F)(F)F)C(=O)N1C[C@H](ON=C2c3ccccc3-c3ccccc32)C[C@H]1C(=O)N[C@@]1(C(=O)NS(=O)(=O)C2CC2)C[C@H]1C(F)F. The Morgan fingerprint density at radius 1 is 0.981 bits per heavy atom. The van der Waals surface area contributed by atoms with Crippen molar-refractivity contribution in [1.82, 2.24) is 20.3 Å². The maximum Gasteiger partial charge on any atom is 0.390 e. The van der Waals surface area contributed by atoms with Gasteiger partial charge < -0.3 is 20.4 Å². The van der Waals surface area contributed by atoms with E-state index in [1.165, 1.54) is 0 Å². The number of hydrogen-bond acceptors (Lipinski definition) is 8. The fraction of sp³-hybridized carbons (Fsp3) is 0.543. The Labute approximate surface area is 297 Å². The highest BCUT2D eigenvalue weighted by Gasteiger charge is 2.67. The number of halogens is 5. The van der Waals surface area contributed by atoms with Crippen molar-refractivity contribution in [2.45, 2.75) is 94.5 Å². The summed E-state index contributed by atoms with van der Waals surface area (Å²) in [4.78, 5) is 48.5. The first kappa shape index (κ1) is 37.6. The summed E-state index contributed by atoms with van der Waals surface area (Å²) in [5, 5.41) is 8.61. The number of alkyl halides is 5. The Hall–Kier alpha value is -4.12. The van der Waals surface area contributed by atoms with Crippen LogP contribution in [0.5, 0.6) is 0 Å². The first-order chi connectivity index (χ1) is 24.3. The van der Waals surface area contributed by atoms with E-state index in [4.69, 9.17) is 4.84 Å². The van der Waals surface area contributed by atoms with Gasteiger partial charge in [-0.15, -0.1) is 0 Å². The molecule has 17 heteroatoms. The van der Waals surface area contributed by atoms with Crippen LogP contribution in [0.25, 0.3) is 11.1 Å². The number of amides is 3. The largest absolute Gasteiger partial charge is 0.390 e. The number of rotatable bonds is 12. The molecule has 4 aliphatic rings. The second kappa shape index (κ2) is 13.7. The Bertz CT molecular complexity index is 1830. The Morgan fingerprint density at radius 2 is 1.56 bits per heavy atom. The van der Waals surface area contributed by atoms with E-state index < -0.39 is 100 Å². The van der Waals surface area contributed by atoms with Gasteiger partial charge in [0.1, 0.15) is 23.4 Å². The van der Waals surface area contributed by atoms with Gasteiger partial charge in [0.25, 0.3) is 5.91 Å². The van der Waals surface area contributed by atoms with Crippen molar-refractivity contribution < 1.29 is 49.6 Å². The first-order valence-corrected chi connectivity index (χ1v) is 18.6. The number of carbonyl (C=O) groups is 3. The standard InChI is InChI=1S/C35H40F5N5O6S/c1-33(2,3)28(41-15-14-35(38,39)40)31(47)45-18-19(51-43-27-23-10-6-4-8-21(23)22-9-5-7-11-24(22)27)16-26(45)30(46)42-34(17-25(34)29(36)37)32(48)44-52(49,50)20-12-13-20/h4-11,19-20,25-26,28-29,41H,12-18H2,1-3H3,(H,42,46)(H,44,48)/t19-,25+,26+,28-,34+/m1/s1. The average molecular weight is 754 g/mol. The third-order valence-electron chi connectivity index (χ3n) is 9.93. The number of oxime groups is 1. The highest BCUT2D eigenvalue weighted by molar-refractivity contribution is 7.91. The van der Waals surface area contributed by atoms with Crippen LogP contribution in [-0.2, 0) is 29.2 Å². The molecule has 2 saturated carbocycles. The third-order valence-corrected chi connectivity index (χ3v) is 11.8. The molecule has 0 spiro atoms. The Kier molecular flexibility index (Phi) is 9.91. The molecule has 1 aliphatic heterocycles. The Morgan fingerprint density at radius 3 is 2.06 bits per heavy atom. The summed E-state index contributed by atoms with van der Waals surface area (Å²) < 4.78 is 94.1. The molecular weight excluding hydrogens is 713 g/mol. The van der Waals surface area contributed by atoms with E-state index in [0.717, 1.165) is 27.2 Å². The van der Waals surface area contributed by atoms with Crippen LogP contribution in [0.2, 0.25) is 0 Å². The lowest BCUT2D eigenvalue weighted by Crippen LogP contribution is -2.60. The fourth-order valence-electron chi connectivity index (χ4n) is 6.91. The van der Waals surface area contributed by atoms with E-state index in [1.807, 2.05) is 53.3 Å². The molecule has 2 aromatic rings. The third kappa shape index (κ3) is 7.65. The monoisotopic (exact) mass is 753 g/mol. The summed E-state index contributed by atoms with van der Waals surface area (Å²) in [5.41, 5.74) is 0.706. The normalized spacial score (nSPS) is 24.6. The molecule has 0 unspecified atom stereocenters. The summed E-state index contributed by atoms with van der Waals surface area (Å²) in [5.74, 6) is -4.76. The number of likely N-dealkylation sites (tertiary alicyclic amines) is 1. The molecule has 0 bridgehead atoms. The molecular formula is C35H40F5N5O6S. The smallest absolute Gasteiger partial charge is 0.390 e. The van der Waals surface area contributed by atoms with Crippen LogP contribution in [0.15, 0.2) is 53.7 Å². The molecule has 282 valence electrons. The minimum absolute atomic E-state index is 0.214. The van der Waals surface area contributed by atoms with Gasteiger partial charge in [-0.1, -0.05) is 74.5 Å². The van der Waals surface area contributed by atoms with Crippen LogP contribution in [-0.4, -0.2) is 91.4 Å². The van der Waals surface area contributed by atoms with Gasteiger partial charge in [-0.2, -0.15) is 13.2 Å². The van der Waals surface area contributed by atoms with Gasteiger partial charge in [-0.05, 0) is 35.8 Å². The molecule has 3 amide bonds. The molecule has 6 rings (SSSR count). The van der Waals surface area contributed by atoms with Crippen LogP contribution in [0.4, 0.5) is 22.0 Å². The van der Waals surface area contributed by atoms with Crippen LogP contribution in [0.1, 0.15) is 64.0 Å². The minimum atomic E-state index is -4.50. The van der Waals surface area contributed by atoms with Gasteiger partial charge in [0.05, 0.1) is 30.2 Å². The van der Waals surface area contributed by atoms with Crippen LogP contribution in [0, 0.1) is 11.3 Å². The van der Waals surface area contributed by atoms with Crippen LogP contribution >= 0.6 is 0 Å². The lowest BCUT2D eigenvalue weighted by atomic mass is 9.85. The van der Waals surface area contributed by atoms with Crippen molar-refractivity contribution in [1.29, 1.82) is 0 Å². The maximum atomic E-state index is 14.2. The quantitative estimate of drug-likeness (QED) is 0.187. The van der Waals surface area contributed by atoms with E-state index in [9.17, 15) is 44.8 Å². The topological polar surface area (TPSA) is 146 Å². The van der Waals surface area contributed by atoms with Gasteiger partial charge in [0.15, 0.2) is 0 Å². The summed E-state index contributed by atoms with van der Waals surface area (Å²) in [6.07, 6.45) is -9.90. The van der Waals surface area contributed by atoms with Gasteiger partial charge >= 0.3 is 6.18 Å². The molecule has 3 fully saturated rings. The van der Waals surface area contributed by atoms with E-state index in [-0.39, 0.29) is 13.0 Å². The molecule has 1 saturated heterocycles. The van der Waals surface area contributed by atoms with E-state index in [1.54, 1.807) is 20.8 Å². The lowest BCUT2D eigenvalue weighted by molar-refractivity contribution is -0.145. The molecule has 5 atom stereocenters. The summed E-state index contributed by atoms with van der Waals surface area (Å²) >= 11 is 0. The zero-order valence-electron chi connectivity index (χ0n) is 28.7. The fourth-order valence-corrected chi connectivity index (χ4v) is 8.28. The molecule has 2 aromatic carbocycles. The van der Waals surface area contributed by atoms with Gasteiger partial charge in [-0.3, -0.25) is 19.1 Å². The van der Waals surface area contributed by atoms with Crippen molar-refractivity contribution in [3.8, 4) is 11.1 Å². The van der Waals surface area contributed by atoms with E-state index >= 15 is 0 Å². The summed E-state index contributed by atoms with van der Waals surface area (Å²) in [7, 11) is -4.15. The van der Waals surface area contributed by atoms with Crippen molar-refractivity contribution in [3.05, 3.63) is 59.7 Å². The van der Waals surface area contributed by atoms with Crippen molar-refractivity contribution in [2.24, 2.45) is 16.5 Å². The zero-order chi connectivity index (χ0) is 37.8. The zero-order valence-corrected chi connectivity index (χ0v) is 29.5. The van der Waals surface area contributed by atoms with Crippen LogP contribution in [0.3, 0.4) is 0 Å². The molecule has 1 heterocycles. The highest BCUT2D eigenvalue weighted by Crippen LogP contribution is 2.48. The minimum Gasteiger partial charge on any atom is -0.390 e. The molecule has 3 aliphatic carbocycles. The van der Waals surface area contributed by atoms with Gasteiger partial charge in [0, 0.05) is 24.1 Å². The highest BCUT2D eigenvalue weighted by atomic mass is 32.2. The lowest BCUT2D eigenvalue weighted by Gasteiger charge is -2.36. The molecule has 52 heavy (non-hydrogen) atoms. The second-order valence-electron chi connectivity index (χ2n) is 14.9. The number of benzene rings is 2. The first-order valence-electron chi connectivity index (χ1n) is 17.0. The molecule has 0 radical (unpaired) electrons. The van der Waals surface area contributed by atoms with E-state index in [0.29, 0.717) is 18.6 Å². The summed E-state index contributed by atoms with van der Waals surface area (Å²) in [6, 6.07) is 12.4. The summed E-state index contributed by atoms with van der Waals surface area (Å²) in [6.45, 7) is 4.05. The van der Waals surface area contributed by atoms with Crippen LogP contribution < -0.4 is 15.4 Å². The molecule has 3 N–H and O–H groups in total.